The minimum atomic E-state index is -0.547. The zero-order valence-corrected chi connectivity index (χ0v) is 16.0. The van der Waals surface area contributed by atoms with Crippen LogP contribution in [0.3, 0.4) is 0 Å². The summed E-state index contributed by atoms with van der Waals surface area (Å²) in [4.78, 5) is 27.2. The number of aromatic amines is 1. The number of quaternary nitrogens is 1. The van der Waals surface area contributed by atoms with Crippen molar-refractivity contribution in [3.63, 3.8) is 0 Å². The fraction of sp³-hybridized carbons (Fsp3) is 0.333. The van der Waals surface area contributed by atoms with Gasteiger partial charge in [-0.3, -0.25) is 9.59 Å². The molecule has 0 aliphatic rings. The zero-order valence-electron chi connectivity index (χ0n) is 14.5. The number of hydrogen-bond acceptors (Lipinski definition) is 2. The molecule has 0 saturated heterocycles. The summed E-state index contributed by atoms with van der Waals surface area (Å²) >= 11 is 11.8. The molecule has 4 nitrogen and oxygen atoms in total. The van der Waals surface area contributed by atoms with E-state index >= 15 is 0 Å². The highest BCUT2D eigenvalue weighted by Crippen LogP contribution is 2.27. The first kappa shape index (κ1) is 19.6. The molecule has 0 aliphatic heterocycles. The number of aromatic nitrogens is 1. The standard InChI is InChI=1S/C18H19Cl2FN2O2/c1-8-17(11(4)24)10(3)23-18(8)16(25)7-22-9(2)12-5-15(21)14(20)6-13(12)19/h5-6,9,22-23H,7H2,1-4H3/p+1/t9-/m1/s1. The quantitative estimate of drug-likeness (QED) is 0.586. The molecule has 1 heterocycles. The first-order valence-corrected chi connectivity index (χ1v) is 8.60. The molecule has 2 aromatic rings. The molecule has 0 radical (unpaired) electrons. The van der Waals surface area contributed by atoms with E-state index in [1.807, 2.05) is 6.92 Å². The summed E-state index contributed by atoms with van der Waals surface area (Å²) in [5.74, 6) is -0.758. The lowest BCUT2D eigenvalue weighted by molar-refractivity contribution is -0.681. The van der Waals surface area contributed by atoms with Gasteiger partial charge >= 0.3 is 0 Å². The Balaban J connectivity index is 2.14. The van der Waals surface area contributed by atoms with Gasteiger partial charge in [-0.05, 0) is 45.4 Å². The van der Waals surface area contributed by atoms with Crippen LogP contribution >= 0.6 is 23.2 Å². The summed E-state index contributed by atoms with van der Waals surface area (Å²) in [6, 6.07) is 2.41. The smallest absolute Gasteiger partial charge is 0.233 e. The van der Waals surface area contributed by atoms with Crippen molar-refractivity contribution in [3.05, 3.63) is 56.1 Å². The molecule has 1 aromatic heterocycles. The summed E-state index contributed by atoms with van der Waals surface area (Å²) < 4.78 is 13.7. The van der Waals surface area contributed by atoms with E-state index in [0.29, 0.717) is 33.1 Å². The number of benzene rings is 1. The number of aryl methyl sites for hydroxylation is 1. The first-order chi connectivity index (χ1) is 11.6. The van der Waals surface area contributed by atoms with Gasteiger partial charge in [0.05, 0.1) is 15.7 Å². The number of rotatable bonds is 6. The molecule has 0 saturated carbocycles. The highest BCUT2D eigenvalue weighted by atomic mass is 35.5. The van der Waals surface area contributed by atoms with Crippen LogP contribution in [0.4, 0.5) is 4.39 Å². The number of carbonyl (C=O) groups is 2. The second-order valence-corrected chi connectivity index (χ2v) is 6.94. The van der Waals surface area contributed by atoms with Crippen molar-refractivity contribution >= 4 is 34.8 Å². The van der Waals surface area contributed by atoms with Crippen LogP contribution in [0.5, 0.6) is 0 Å². The third-order valence-corrected chi connectivity index (χ3v) is 4.87. The number of ketones is 2. The van der Waals surface area contributed by atoms with Crippen LogP contribution in [-0.4, -0.2) is 23.1 Å². The van der Waals surface area contributed by atoms with Crippen molar-refractivity contribution in [1.29, 1.82) is 0 Å². The lowest BCUT2D eigenvalue weighted by atomic mass is 10.0. The van der Waals surface area contributed by atoms with Crippen molar-refractivity contribution in [1.82, 2.24) is 4.98 Å². The van der Waals surface area contributed by atoms with Crippen LogP contribution in [0.15, 0.2) is 12.1 Å². The van der Waals surface area contributed by atoms with Gasteiger partial charge in [-0.25, -0.2) is 4.39 Å². The van der Waals surface area contributed by atoms with Crippen LogP contribution in [0.25, 0.3) is 0 Å². The van der Waals surface area contributed by atoms with Crippen LogP contribution in [0.2, 0.25) is 10.0 Å². The normalized spacial score (nSPS) is 12.3. The highest BCUT2D eigenvalue weighted by molar-refractivity contribution is 6.35. The maximum atomic E-state index is 13.7. The minimum absolute atomic E-state index is 0.0359. The number of hydrogen-bond donors (Lipinski definition) is 2. The maximum absolute atomic E-state index is 13.7. The Kier molecular flexibility index (Phi) is 6.03. The number of nitrogens with one attached hydrogen (secondary N) is 1. The zero-order chi connectivity index (χ0) is 18.9. The third-order valence-electron chi connectivity index (χ3n) is 4.26. The van der Waals surface area contributed by atoms with Crippen molar-refractivity contribution in [2.75, 3.05) is 6.54 Å². The second kappa shape index (κ2) is 7.68. The molecule has 1 aromatic carbocycles. The summed E-state index contributed by atoms with van der Waals surface area (Å²) in [6.45, 7) is 6.96. The van der Waals surface area contributed by atoms with Gasteiger partial charge in [0, 0.05) is 16.8 Å². The van der Waals surface area contributed by atoms with Gasteiger partial charge in [-0.1, -0.05) is 23.2 Å². The molecule has 134 valence electrons. The fourth-order valence-corrected chi connectivity index (χ4v) is 3.51. The van der Waals surface area contributed by atoms with Gasteiger partial charge in [-0.2, -0.15) is 0 Å². The number of Topliss-reactive ketones (excluding diaryl/α,β-unsaturated/α-hetero) is 2. The van der Waals surface area contributed by atoms with Gasteiger partial charge in [-0.15, -0.1) is 0 Å². The third kappa shape index (κ3) is 4.11. The lowest BCUT2D eigenvalue weighted by Crippen LogP contribution is -2.86. The van der Waals surface area contributed by atoms with E-state index in [-0.39, 0.29) is 29.2 Å². The van der Waals surface area contributed by atoms with Gasteiger partial charge in [0.15, 0.2) is 5.78 Å². The molecule has 0 unspecified atom stereocenters. The fourth-order valence-electron chi connectivity index (χ4n) is 2.96. The average Bonchev–Trinajstić information content (AvgIpc) is 2.83. The van der Waals surface area contributed by atoms with Gasteiger partial charge < -0.3 is 10.3 Å². The Hall–Kier alpha value is -1.69. The van der Waals surface area contributed by atoms with E-state index in [2.05, 4.69) is 4.98 Å². The van der Waals surface area contributed by atoms with Crippen molar-refractivity contribution in [2.24, 2.45) is 0 Å². The Morgan fingerprint density at radius 2 is 1.88 bits per heavy atom. The molecule has 7 heteroatoms. The Bertz CT molecular complexity index is 846. The summed E-state index contributed by atoms with van der Waals surface area (Å²) in [5, 5.41) is 2.08. The largest absolute Gasteiger partial charge is 0.355 e. The van der Waals surface area contributed by atoms with E-state index < -0.39 is 5.82 Å². The topological polar surface area (TPSA) is 66.5 Å². The maximum Gasteiger partial charge on any atom is 0.233 e. The number of H-pyrrole nitrogens is 1. The molecule has 1 atom stereocenters. The predicted octanol–water partition coefficient (Wildman–Crippen LogP) is 3.79. The molecule has 25 heavy (non-hydrogen) atoms. The second-order valence-electron chi connectivity index (χ2n) is 6.12. The van der Waals surface area contributed by atoms with Crippen LogP contribution in [-0.2, 0) is 0 Å². The van der Waals surface area contributed by atoms with E-state index in [9.17, 15) is 14.0 Å². The van der Waals surface area contributed by atoms with E-state index in [4.69, 9.17) is 23.2 Å². The minimum Gasteiger partial charge on any atom is -0.355 e. The molecule has 0 fully saturated rings. The van der Waals surface area contributed by atoms with Gasteiger partial charge in [0.2, 0.25) is 5.78 Å². The van der Waals surface area contributed by atoms with Crippen LogP contribution in [0.1, 0.15) is 57.6 Å². The van der Waals surface area contributed by atoms with Crippen LogP contribution < -0.4 is 5.32 Å². The Labute approximate surface area is 155 Å². The van der Waals surface area contributed by atoms with Crippen LogP contribution in [0, 0.1) is 19.7 Å². The predicted molar refractivity (Wildman–Crippen MR) is 96.2 cm³/mol. The summed E-state index contributed by atoms with van der Waals surface area (Å²) in [5.41, 5.74) is 2.90. The molecular weight excluding hydrogens is 366 g/mol. The molecule has 0 spiro atoms. The molecule has 3 N–H and O–H groups in total. The number of nitrogens with two attached hydrogens (primary N) is 1. The van der Waals surface area contributed by atoms with Crippen molar-refractivity contribution < 1.29 is 19.3 Å². The molecular formula is C18H20Cl2FN2O2+. The van der Waals surface area contributed by atoms with E-state index in [1.54, 1.807) is 19.2 Å². The molecule has 0 aliphatic carbocycles. The lowest BCUT2D eigenvalue weighted by Gasteiger charge is -2.13. The average molecular weight is 386 g/mol. The van der Waals surface area contributed by atoms with Crippen molar-refractivity contribution in [2.45, 2.75) is 33.7 Å². The first-order valence-electron chi connectivity index (χ1n) is 7.84. The molecule has 0 amide bonds. The van der Waals surface area contributed by atoms with E-state index in [1.165, 1.54) is 19.1 Å². The monoisotopic (exact) mass is 385 g/mol. The van der Waals surface area contributed by atoms with E-state index in [0.717, 1.165) is 0 Å². The van der Waals surface area contributed by atoms with Gasteiger partial charge in [0.1, 0.15) is 18.4 Å². The van der Waals surface area contributed by atoms with Crippen molar-refractivity contribution in [3.8, 4) is 0 Å². The Morgan fingerprint density at radius 1 is 1.24 bits per heavy atom. The molecule has 2 rings (SSSR count). The van der Waals surface area contributed by atoms with Gasteiger partial charge in [0.25, 0.3) is 0 Å². The number of carbonyl (C=O) groups excluding carboxylic acids is 2. The highest BCUT2D eigenvalue weighted by Gasteiger charge is 2.22. The number of halogens is 3. The molecule has 0 bridgehead atoms. The Morgan fingerprint density at radius 3 is 2.44 bits per heavy atom. The SMILES string of the molecule is CC(=O)c1c(C)[nH]c(C(=O)C[NH2+][C@H](C)c2cc(F)c(Cl)cc2Cl)c1C. The summed E-state index contributed by atoms with van der Waals surface area (Å²) in [6.07, 6.45) is 0. The summed E-state index contributed by atoms with van der Waals surface area (Å²) in [7, 11) is 0.